The van der Waals surface area contributed by atoms with Gasteiger partial charge in [-0.05, 0) is 33.1 Å². The minimum atomic E-state index is -2.63. The van der Waals surface area contributed by atoms with Gasteiger partial charge >= 0.3 is 0 Å². The Morgan fingerprint density at radius 1 is 1.42 bits per heavy atom. The smallest absolute Gasteiger partial charge is 0.200 e. The Morgan fingerprint density at radius 3 is 2.74 bits per heavy atom. The molecule has 0 aromatic rings. The molecule has 1 N–H and O–H groups in total. The Bertz CT molecular complexity index is 437. The molecule has 110 valence electrons. The summed E-state index contributed by atoms with van der Waals surface area (Å²) in [7, 11) is -2.63. The molecule has 2 aliphatic carbocycles. The van der Waals surface area contributed by atoms with E-state index < -0.39 is 19.3 Å². The monoisotopic (exact) mass is 290 g/mol. The van der Waals surface area contributed by atoms with Gasteiger partial charge in [-0.15, -0.1) is 0 Å². The molecule has 3 rings (SSSR count). The van der Waals surface area contributed by atoms with Gasteiger partial charge in [0.25, 0.3) is 0 Å². The lowest BCUT2D eigenvalue weighted by Crippen LogP contribution is -2.34. The van der Waals surface area contributed by atoms with Gasteiger partial charge in [0.2, 0.25) is 7.37 Å². The van der Waals surface area contributed by atoms with Crippen molar-refractivity contribution in [2.75, 3.05) is 19.4 Å². The Hall–Kier alpha value is 0.0700. The molecule has 19 heavy (non-hydrogen) atoms. The van der Waals surface area contributed by atoms with Crippen molar-refractivity contribution >= 4 is 7.37 Å². The van der Waals surface area contributed by atoms with Gasteiger partial charge in [0.1, 0.15) is 6.10 Å². The van der Waals surface area contributed by atoms with Gasteiger partial charge in [-0.3, -0.25) is 4.57 Å². The number of hydrogen-bond acceptors (Lipinski definition) is 5. The molecule has 3 fully saturated rings. The van der Waals surface area contributed by atoms with Crippen LogP contribution in [0.5, 0.6) is 0 Å². The van der Waals surface area contributed by atoms with E-state index in [0.717, 1.165) is 6.42 Å². The number of hydrogen-bond donors (Lipinski definition) is 1. The maximum absolute atomic E-state index is 12.5. The topological polar surface area (TPSA) is 65.0 Å². The number of aliphatic hydroxyl groups excluding tert-OH is 1. The maximum Gasteiger partial charge on any atom is 0.200 e. The highest BCUT2D eigenvalue weighted by Crippen LogP contribution is 2.71. The summed E-state index contributed by atoms with van der Waals surface area (Å²) in [5.74, 6) is -0.521. The molecular weight excluding hydrogens is 267 g/mol. The summed E-state index contributed by atoms with van der Waals surface area (Å²) in [4.78, 5) is 0. The van der Waals surface area contributed by atoms with Crippen LogP contribution >= 0.6 is 7.37 Å². The van der Waals surface area contributed by atoms with Crippen LogP contribution in [0.25, 0.3) is 0 Å². The van der Waals surface area contributed by atoms with Crippen molar-refractivity contribution in [1.82, 2.24) is 0 Å². The van der Waals surface area contributed by atoms with Crippen molar-refractivity contribution in [2.45, 2.75) is 51.3 Å². The van der Waals surface area contributed by atoms with E-state index in [-0.39, 0.29) is 23.5 Å². The SMILES string of the molecule is CCOP(C)(=O)C[C@]12C[C@@H]1[C@H](O)[C@@H]1OC(C)(C)O[C@@H]12. The Balaban J connectivity index is 1.81. The average Bonchev–Trinajstić information content (AvgIpc) is 2.79. The van der Waals surface area contributed by atoms with Gasteiger partial charge in [0.05, 0.1) is 18.8 Å². The average molecular weight is 290 g/mol. The van der Waals surface area contributed by atoms with E-state index in [4.69, 9.17) is 14.0 Å². The number of fused-ring (bicyclic) bond motifs is 3. The number of rotatable bonds is 4. The highest BCUT2D eigenvalue weighted by Gasteiger charge is 2.76. The lowest BCUT2D eigenvalue weighted by molar-refractivity contribution is -0.166. The van der Waals surface area contributed by atoms with Gasteiger partial charge in [-0.1, -0.05) is 0 Å². The normalized spacial score (nSPS) is 49.5. The van der Waals surface area contributed by atoms with Crippen LogP contribution in [0.4, 0.5) is 0 Å². The molecule has 1 saturated heterocycles. The predicted octanol–water partition coefficient (Wildman–Crippen LogP) is 1.83. The van der Waals surface area contributed by atoms with Gasteiger partial charge in [0.15, 0.2) is 5.79 Å². The molecule has 6 heteroatoms. The number of aliphatic hydroxyl groups is 1. The zero-order valence-electron chi connectivity index (χ0n) is 12.0. The van der Waals surface area contributed by atoms with Crippen molar-refractivity contribution in [3.63, 3.8) is 0 Å². The second-order valence-corrected chi connectivity index (χ2v) is 9.25. The first-order valence-electron chi connectivity index (χ1n) is 6.95. The van der Waals surface area contributed by atoms with Crippen molar-refractivity contribution in [3.8, 4) is 0 Å². The second-order valence-electron chi connectivity index (χ2n) is 6.65. The van der Waals surface area contributed by atoms with Crippen molar-refractivity contribution in [3.05, 3.63) is 0 Å². The second kappa shape index (κ2) is 4.05. The summed E-state index contributed by atoms with van der Waals surface area (Å²) in [6, 6.07) is 0. The van der Waals surface area contributed by atoms with Crippen LogP contribution < -0.4 is 0 Å². The molecule has 1 unspecified atom stereocenters. The quantitative estimate of drug-likeness (QED) is 0.800. The molecule has 1 aliphatic heterocycles. The number of ether oxygens (including phenoxy) is 2. The Labute approximate surface area is 114 Å². The molecule has 0 aromatic heterocycles. The largest absolute Gasteiger partial charge is 0.390 e. The molecule has 0 bridgehead atoms. The van der Waals surface area contributed by atoms with Crippen LogP contribution in [-0.4, -0.2) is 48.6 Å². The zero-order chi connectivity index (χ0) is 14.1. The van der Waals surface area contributed by atoms with Gasteiger partial charge in [0, 0.05) is 18.2 Å². The molecule has 0 spiro atoms. The summed E-state index contributed by atoms with van der Waals surface area (Å²) in [5, 5.41) is 10.3. The minimum Gasteiger partial charge on any atom is -0.390 e. The van der Waals surface area contributed by atoms with E-state index in [1.54, 1.807) is 6.66 Å². The zero-order valence-corrected chi connectivity index (χ0v) is 12.9. The van der Waals surface area contributed by atoms with Crippen LogP contribution in [0, 0.1) is 11.3 Å². The van der Waals surface area contributed by atoms with E-state index in [1.165, 1.54) is 0 Å². The molecule has 0 radical (unpaired) electrons. The third-order valence-corrected chi connectivity index (χ3v) is 6.57. The van der Waals surface area contributed by atoms with E-state index >= 15 is 0 Å². The van der Waals surface area contributed by atoms with Crippen LogP contribution in [-0.2, 0) is 18.6 Å². The first kappa shape index (κ1) is 14.0. The lowest BCUT2D eigenvalue weighted by Gasteiger charge is -2.25. The van der Waals surface area contributed by atoms with Crippen LogP contribution in [0.1, 0.15) is 27.2 Å². The summed E-state index contributed by atoms with van der Waals surface area (Å²) in [6.07, 6.45) is 0.399. The van der Waals surface area contributed by atoms with Gasteiger partial charge in [-0.25, -0.2) is 0 Å². The fraction of sp³-hybridized carbons (Fsp3) is 1.00. The fourth-order valence-electron chi connectivity index (χ4n) is 3.98. The third-order valence-electron chi connectivity index (χ3n) is 4.61. The highest BCUT2D eigenvalue weighted by atomic mass is 31.2. The summed E-state index contributed by atoms with van der Waals surface area (Å²) in [6.45, 7) is 7.70. The van der Waals surface area contributed by atoms with E-state index in [0.29, 0.717) is 12.8 Å². The van der Waals surface area contributed by atoms with Crippen LogP contribution in [0.3, 0.4) is 0 Å². The standard InChI is InChI=1S/C13H23O5P/c1-5-16-19(4,15)7-13-6-8(13)9(14)10-11(13)18-12(2,3)17-10/h8-11,14H,5-7H2,1-4H3/t8-,9+,10+,11+,13-,19?/m1/s1. The van der Waals surface area contributed by atoms with Gasteiger partial charge in [-0.2, -0.15) is 0 Å². The summed E-state index contributed by atoms with van der Waals surface area (Å²) >= 11 is 0. The Kier molecular flexibility index (Phi) is 2.99. The molecule has 5 nitrogen and oxygen atoms in total. The molecule has 3 aliphatic rings. The third kappa shape index (κ3) is 2.11. The fourth-order valence-corrected chi connectivity index (χ4v) is 6.23. The highest BCUT2D eigenvalue weighted by molar-refractivity contribution is 7.58. The van der Waals surface area contributed by atoms with Crippen LogP contribution in [0.2, 0.25) is 0 Å². The van der Waals surface area contributed by atoms with Crippen molar-refractivity contribution in [2.24, 2.45) is 11.3 Å². The van der Waals surface area contributed by atoms with Crippen molar-refractivity contribution in [1.29, 1.82) is 0 Å². The molecule has 0 aromatic carbocycles. The summed E-state index contributed by atoms with van der Waals surface area (Å²) in [5.41, 5.74) is -0.211. The maximum atomic E-state index is 12.5. The van der Waals surface area contributed by atoms with E-state index in [9.17, 15) is 9.67 Å². The van der Waals surface area contributed by atoms with Gasteiger partial charge < -0.3 is 19.1 Å². The summed E-state index contributed by atoms with van der Waals surface area (Å²) < 4.78 is 29.6. The molecule has 2 saturated carbocycles. The van der Waals surface area contributed by atoms with E-state index in [1.807, 2.05) is 20.8 Å². The molecular formula is C13H23O5P. The molecule has 0 amide bonds. The predicted molar refractivity (Wildman–Crippen MR) is 70.4 cm³/mol. The van der Waals surface area contributed by atoms with E-state index in [2.05, 4.69) is 0 Å². The molecule has 6 atom stereocenters. The first-order chi connectivity index (χ1) is 8.71. The Morgan fingerprint density at radius 2 is 2.11 bits per heavy atom. The van der Waals surface area contributed by atoms with Crippen LogP contribution in [0.15, 0.2) is 0 Å². The van der Waals surface area contributed by atoms with Crippen molar-refractivity contribution < 1.29 is 23.7 Å². The lowest BCUT2D eigenvalue weighted by atomic mass is 10.0. The minimum absolute atomic E-state index is 0.146. The first-order valence-corrected chi connectivity index (χ1v) is 9.21. The molecule has 1 heterocycles.